The van der Waals surface area contributed by atoms with E-state index in [0.717, 1.165) is 4.31 Å². The van der Waals surface area contributed by atoms with E-state index >= 15 is 0 Å². The lowest BCUT2D eigenvalue weighted by molar-refractivity contribution is -0.119. The van der Waals surface area contributed by atoms with Gasteiger partial charge < -0.3 is 9.47 Å². The van der Waals surface area contributed by atoms with Gasteiger partial charge in [-0.05, 0) is 61.5 Å². The Balaban J connectivity index is 1.93. The number of amides is 1. The van der Waals surface area contributed by atoms with Gasteiger partial charge in [-0.3, -0.25) is 4.79 Å². The Hall–Kier alpha value is -3.03. The number of nitrogens with zero attached hydrogens (tertiary/aromatic N) is 1. The molecule has 0 aliphatic rings. The molecule has 3 rings (SSSR count). The summed E-state index contributed by atoms with van der Waals surface area (Å²) < 4.78 is 38.1. The van der Waals surface area contributed by atoms with Crippen molar-refractivity contribution in [3.05, 3.63) is 83.9 Å². The summed E-state index contributed by atoms with van der Waals surface area (Å²) in [6.07, 6.45) is 0. The van der Waals surface area contributed by atoms with Gasteiger partial charge in [0.05, 0.1) is 17.2 Å². The zero-order valence-electron chi connectivity index (χ0n) is 16.2. The number of rotatable bonds is 8. The van der Waals surface area contributed by atoms with Gasteiger partial charge in [-0.2, -0.15) is 4.31 Å². The molecule has 0 unspecified atom stereocenters. The Kier molecular flexibility index (Phi) is 6.97. The predicted octanol–water partition coefficient (Wildman–Crippen LogP) is 4.54. The van der Waals surface area contributed by atoms with Crippen LogP contribution in [0.2, 0.25) is 5.02 Å². The second-order valence-corrected chi connectivity index (χ2v) is 8.37. The van der Waals surface area contributed by atoms with Crippen LogP contribution in [0.4, 0.5) is 5.69 Å². The van der Waals surface area contributed by atoms with Crippen LogP contribution in [-0.4, -0.2) is 27.5 Å². The zero-order valence-corrected chi connectivity index (χ0v) is 17.8. The first-order valence-corrected chi connectivity index (χ1v) is 11.0. The second kappa shape index (κ2) is 9.65. The molecule has 3 aromatic carbocycles. The van der Waals surface area contributed by atoms with Gasteiger partial charge in [0, 0.05) is 5.02 Å². The molecule has 0 spiro atoms. The third-order valence-corrected chi connectivity index (χ3v) is 6.05. The molecule has 0 fully saturated rings. The lowest BCUT2D eigenvalue weighted by atomic mass is 10.3. The van der Waals surface area contributed by atoms with Crippen LogP contribution < -0.4 is 13.8 Å². The fourth-order valence-corrected chi connectivity index (χ4v) is 4.33. The maximum absolute atomic E-state index is 13.2. The molecule has 0 atom stereocenters. The molecule has 0 saturated carbocycles. The average Bonchev–Trinajstić information content (AvgIpc) is 2.74. The summed E-state index contributed by atoms with van der Waals surface area (Å²) in [5, 5.41) is 0.445. The van der Waals surface area contributed by atoms with Crippen LogP contribution in [0.1, 0.15) is 6.92 Å². The molecule has 30 heavy (non-hydrogen) atoms. The fourth-order valence-electron chi connectivity index (χ4n) is 2.72. The maximum atomic E-state index is 13.2. The summed E-state index contributed by atoms with van der Waals surface area (Å²) in [7, 11) is -4.15. The minimum Gasteiger partial charge on any atom is -0.494 e. The van der Waals surface area contributed by atoms with E-state index in [2.05, 4.69) is 0 Å². The minimum atomic E-state index is -4.15. The van der Waals surface area contributed by atoms with Gasteiger partial charge in [0.15, 0.2) is 6.61 Å². The highest BCUT2D eigenvalue weighted by Crippen LogP contribution is 2.26. The van der Waals surface area contributed by atoms with Crippen molar-refractivity contribution >= 4 is 33.2 Å². The van der Waals surface area contributed by atoms with Crippen molar-refractivity contribution in [3.63, 3.8) is 0 Å². The highest BCUT2D eigenvalue weighted by atomic mass is 35.5. The highest BCUT2D eigenvalue weighted by Gasteiger charge is 2.31. The molecule has 8 heteroatoms. The molecule has 3 aromatic rings. The Labute approximate surface area is 180 Å². The number of benzene rings is 3. The lowest BCUT2D eigenvalue weighted by Gasteiger charge is -2.23. The fraction of sp³-hybridized carbons (Fsp3) is 0.136. The van der Waals surface area contributed by atoms with E-state index in [1.165, 1.54) is 24.3 Å². The van der Waals surface area contributed by atoms with Crippen LogP contribution in [0.3, 0.4) is 0 Å². The van der Waals surface area contributed by atoms with E-state index in [1.54, 1.807) is 54.6 Å². The highest BCUT2D eigenvalue weighted by molar-refractivity contribution is 7.93. The van der Waals surface area contributed by atoms with E-state index in [0.29, 0.717) is 23.1 Å². The number of carbonyl (C=O) groups excluding carboxylic acids is 1. The molecule has 0 aromatic heterocycles. The molecule has 1 amide bonds. The number of halogens is 1. The Bertz CT molecular complexity index is 1100. The molecule has 0 aliphatic carbocycles. The molecule has 0 heterocycles. The van der Waals surface area contributed by atoms with Gasteiger partial charge in [-0.25, -0.2) is 8.42 Å². The third kappa shape index (κ3) is 5.11. The normalized spacial score (nSPS) is 11.0. The van der Waals surface area contributed by atoms with Crippen molar-refractivity contribution in [1.82, 2.24) is 0 Å². The molecular weight excluding hydrogens is 426 g/mol. The van der Waals surface area contributed by atoms with Gasteiger partial charge >= 0.3 is 0 Å². The summed E-state index contributed by atoms with van der Waals surface area (Å²) in [4.78, 5) is 13.0. The molecule has 6 nitrogen and oxygen atoms in total. The van der Waals surface area contributed by atoms with Crippen molar-refractivity contribution in [3.8, 4) is 11.5 Å². The average molecular weight is 446 g/mol. The molecule has 0 radical (unpaired) electrons. The van der Waals surface area contributed by atoms with Gasteiger partial charge in [-0.1, -0.05) is 35.9 Å². The first kappa shape index (κ1) is 21.7. The first-order valence-electron chi connectivity index (χ1n) is 9.16. The van der Waals surface area contributed by atoms with Gasteiger partial charge in [0.25, 0.3) is 15.9 Å². The summed E-state index contributed by atoms with van der Waals surface area (Å²) in [5.74, 6) is 0.184. The van der Waals surface area contributed by atoms with Crippen LogP contribution >= 0.6 is 11.6 Å². The minimum absolute atomic E-state index is 0.00464. The van der Waals surface area contributed by atoms with E-state index in [4.69, 9.17) is 21.1 Å². The van der Waals surface area contributed by atoms with E-state index < -0.39 is 22.5 Å². The summed E-state index contributed by atoms with van der Waals surface area (Å²) >= 11 is 5.93. The molecule has 0 N–H and O–H groups in total. The van der Waals surface area contributed by atoms with Crippen molar-refractivity contribution in [1.29, 1.82) is 0 Å². The van der Waals surface area contributed by atoms with Crippen molar-refractivity contribution in [2.75, 3.05) is 17.5 Å². The van der Waals surface area contributed by atoms with Gasteiger partial charge in [0.2, 0.25) is 0 Å². The van der Waals surface area contributed by atoms with Crippen LogP contribution in [0.25, 0.3) is 0 Å². The summed E-state index contributed by atoms with van der Waals surface area (Å²) in [6, 6.07) is 20.5. The molecule has 0 bridgehead atoms. The Morgan fingerprint density at radius 3 is 2.23 bits per heavy atom. The lowest BCUT2D eigenvalue weighted by Crippen LogP contribution is -2.40. The number of ether oxygens (including phenoxy) is 2. The monoisotopic (exact) mass is 445 g/mol. The number of sulfonamides is 1. The van der Waals surface area contributed by atoms with E-state index in [9.17, 15) is 13.2 Å². The van der Waals surface area contributed by atoms with Crippen LogP contribution in [0.5, 0.6) is 11.5 Å². The Morgan fingerprint density at radius 1 is 0.900 bits per heavy atom. The summed E-state index contributed by atoms with van der Waals surface area (Å²) in [6.45, 7) is 1.83. The topological polar surface area (TPSA) is 72.9 Å². The smallest absolute Gasteiger partial charge is 0.278 e. The van der Waals surface area contributed by atoms with Crippen molar-refractivity contribution in [2.45, 2.75) is 11.8 Å². The molecular formula is C22H20ClNO5S. The standard InChI is InChI=1S/C22H20ClNO5S/c1-2-28-19-13-11-18(12-14-19)24(30(26,27)21-9-4-3-5-10-21)22(25)16-29-20-8-6-7-17(23)15-20/h3-15H,2,16H2,1H3. The van der Waals surface area contributed by atoms with Crippen molar-refractivity contribution < 1.29 is 22.7 Å². The third-order valence-electron chi connectivity index (χ3n) is 4.05. The van der Waals surface area contributed by atoms with E-state index in [1.807, 2.05) is 6.92 Å². The number of anilines is 1. The first-order chi connectivity index (χ1) is 14.4. The summed E-state index contributed by atoms with van der Waals surface area (Å²) in [5.41, 5.74) is 0.182. The number of hydrogen-bond donors (Lipinski definition) is 0. The second-order valence-electron chi connectivity index (χ2n) is 6.15. The molecule has 0 saturated heterocycles. The quantitative estimate of drug-likeness (QED) is 0.509. The largest absolute Gasteiger partial charge is 0.494 e. The van der Waals surface area contributed by atoms with Gasteiger partial charge in [-0.15, -0.1) is 0 Å². The van der Waals surface area contributed by atoms with E-state index in [-0.39, 0.29) is 10.6 Å². The zero-order chi connectivity index (χ0) is 21.6. The predicted molar refractivity (Wildman–Crippen MR) is 116 cm³/mol. The Morgan fingerprint density at radius 2 is 1.60 bits per heavy atom. The molecule has 0 aliphatic heterocycles. The van der Waals surface area contributed by atoms with Crippen LogP contribution in [0.15, 0.2) is 83.8 Å². The number of hydrogen-bond acceptors (Lipinski definition) is 5. The van der Waals surface area contributed by atoms with Crippen LogP contribution in [0, 0.1) is 0 Å². The van der Waals surface area contributed by atoms with Crippen LogP contribution in [-0.2, 0) is 14.8 Å². The van der Waals surface area contributed by atoms with Gasteiger partial charge in [0.1, 0.15) is 11.5 Å². The maximum Gasteiger partial charge on any atom is 0.278 e. The molecule has 156 valence electrons. The number of carbonyl (C=O) groups is 1. The van der Waals surface area contributed by atoms with Crippen molar-refractivity contribution in [2.24, 2.45) is 0 Å². The SMILES string of the molecule is CCOc1ccc(N(C(=O)COc2cccc(Cl)c2)S(=O)(=O)c2ccccc2)cc1.